The number of benzene rings is 2. The molecule has 1 aliphatic rings. The van der Waals surface area contributed by atoms with Gasteiger partial charge < -0.3 is 4.90 Å². The second kappa shape index (κ2) is 8.45. The number of halogens is 2. The maximum atomic E-state index is 14.8. The normalized spacial score (nSPS) is 14.3. The molecule has 0 saturated heterocycles. The molecule has 1 aliphatic carbocycles. The van der Waals surface area contributed by atoms with E-state index >= 15 is 0 Å². The van der Waals surface area contributed by atoms with Gasteiger partial charge in [0.25, 0.3) is 0 Å². The SMILES string of the molecule is CC(C)N(C(=O)C1CCC1)c1ccc(CSc2ccc(Cl)cc2)cc1F. The van der Waals surface area contributed by atoms with E-state index in [9.17, 15) is 9.18 Å². The van der Waals surface area contributed by atoms with Crippen LogP contribution in [0.15, 0.2) is 47.4 Å². The average molecular weight is 392 g/mol. The van der Waals surface area contributed by atoms with Crippen molar-refractivity contribution in [2.75, 3.05) is 4.90 Å². The van der Waals surface area contributed by atoms with Gasteiger partial charge in [0, 0.05) is 27.6 Å². The van der Waals surface area contributed by atoms with Crippen molar-refractivity contribution < 1.29 is 9.18 Å². The fraction of sp³-hybridized carbons (Fsp3) is 0.381. The maximum Gasteiger partial charge on any atom is 0.230 e. The summed E-state index contributed by atoms with van der Waals surface area (Å²) >= 11 is 7.52. The Hall–Kier alpha value is -1.52. The topological polar surface area (TPSA) is 20.3 Å². The maximum absolute atomic E-state index is 14.8. The highest BCUT2D eigenvalue weighted by Gasteiger charge is 2.32. The zero-order chi connectivity index (χ0) is 18.7. The summed E-state index contributed by atoms with van der Waals surface area (Å²) in [6.45, 7) is 3.86. The third-order valence-electron chi connectivity index (χ3n) is 4.70. The van der Waals surface area contributed by atoms with Crippen LogP contribution in [0.25, 0.3) is 0 Å². The number of amides is 1. The Balaban J connectivity index is 1.73. The summed E-state index contributed by atoms with van der Waals surface area (Å²) in [5.74, 6) is 0.433. The van der Waals surface area contributed by atoms with Crippen molar-refractivity contribution in [2.45, 2.75) is 49.8 Å². The molecule has 2 nitrogen and oxygen atoms in total. The average Bonchev–Trinajstić information content (AvgIpc) is 2.54. The molecule has 5 heteroatoms. The third kappa shape index (κ3) is 4.41. The van der Waals surface area contributed by atoms with Gasteiger partial charge >= 0.3 is 0 Å². The Morgan fingerprint density at radius 2 is 1.92 bits per heavy atom. The van der Waals surface area contributed by atoms with Crippen molar-refractivity contribution in [1.29, 1.82) is 0 Å². The van der Waals surface area contributed by atoms with Crippen LogP contribution in [-0.2, 0) is 10.5 Å². The Kier molecular flexibility index (Phi) is 6.25. The molecular weight excluding hydrogens is 369 g/mol. The molecule has 0 unspecified atom stereocenters. The number of anilines is 1. The van der Waals surface area contributed by atoms with Gasteiger partial charge in [0.1, 0.15) is 5.82 Å². The number of rotatable bonds is 6. The zero-order valence-corrected chi connectivity index (χ0v) is 16.6. The highest BCUT2D eigenvalue weighted by molar-refractivity contribution is 7.98. The van der Waals surface area contributed by atoms with E-state index in [1.165, 1.54) is 0 Å². The van der Waals surface area contributed by atoms with Gasteiger partial charge in [0.2, 0.25) is 5.91 Å². The van der Waals surface area contributed by atoms with E-state index < -0.39 is 0 Å². The molecule has 2 aromatic rings. The summed E-state index contributed by atoms with van der Waals surface area (Å²) in [7, 11) is 0. The van der Waals surface area contributed by atoms with E-state index in [0.29, 0.717) is 16.5 Å². The highest BCUT2D eigenvalue weighted by atomic mass is 35.5. The van der Waals surface area contributed by atoms with Crippen LogP contribution < -0.4 is 4.90 Å². The molecule has 26 heavy (non-hydrogen) atoms. The molecule has 1 fully saturated rings. The smallest absolute Gasteiger partial charge is 0.230 e. The zero-order valence-electron chi connectivity index (χ0n) is 15.0. The summed E-state index contributed by atoms with van der Waals surface area (Å²) in [6, 6.07) is 12.7. The van der Waals surface area contributed by atoms with E-state index in [1.54, 1.807) is 28.8 Å². The van der Waals surface area contributed by atoms with Crippen LogP contribution in [0, 0.1) is 11.7 Å². The summed E-state index contributed by atoms with van der Waals surface area (Å²) in [5, 5.41) is 0.703. The van der Waals surface area contributed by atoms with Crippen LogP contribution in [0.2, 0.25) is 5.02 Å². The first kappa shape index (κ1) is 19.2. The summed E-state index contributed by atoms with van der Waals surface area (Å²) in [6.07, 6.45) is 2.92. The lowest BCUT2D eigenvalue weighted by Gasteiger charge is -2.34. The summed E-state index contributed by atoms with van der Waals surface area (Å²) in [5.41, 5.74) is 1.28. The highest BCUT2D eigenvalue weighted by Crippen LogP contribution is 2.33. The fourth-order valence-electron chi connectivity index (χ4n) is 3.04. The second-order valence-corrected chi connectivity index (χ2v) is 8.44. The number of hydrogen-bond acceptors (Lipinski definition) is 2. The van der Waals surface area contributed by atoms with Gasteiger partial charge in [-0.15, -0.1) is 11.8 Å². The molecule has 3 rings (SSSR count). The van der Waals surface area contributed by atoms with Crippen LogP contribution in [0.5, 0.6) is 0 Å². The van der Waals surface area contributed by atoms with E-state index in [0.717, 1.165) is 29.7 Å². The third-order valence-corrected chi connectivity index (χ3v) is 6.03. The van der Waals surface area contributed by atoms with Crippen LogP contribution in [-0.4, -0.2) is 11.9 Å². The van der Waals surface area contributed by atoms with Crippen LogP contribution >= 0.6 is 23.4 Å². The van der Waals surface area contributed by atoms with Gasteiger partial charge in [-0.1, -0.05) is 24.1 Å². The van der Waals surface area contributed by atoms with Gasteiger partial charge in [0.15, 0.2) is 0 Å². The minimum atomic E-state index is -0.333. The van der Waals surface area contributed by atoms with Crippen LogP contribution in [0.4, 0.5) is 10.1 Å². The standard InChI is InChI=1S/C21H23ClFNOS/c1-14(2)24(21(25)16-4-3-5-16)20-11-6-15(12-19(20)23)13-26-18-9-7-17(22)8-10-18/h6-12,14,16H,3-5,13H2,1-2H3. The first-order valence-electron chi connectivity index (χ1n) is 8.95. The summed E-state index contributed by atoms with van der Waals surface area (Å²) < 4.78 is 14.8. The van der Waals surface area contributed by atoms with Gasteiger partial charge in [-0.3, -0.25) is 4.79 Å². The van der Waals surface area contributed by atoms with E-state index in [4.69, 9.17) is 11.6 Å². The molecule has 0 N–H and O–H groups in total. The number of carbonyl (C=O) groups is 1. The molecule has 0 atom stereocenters. The van der Waals surface area contributed by atoms with E-state index in [1.807, 2.05) is 44.2 Å². The van der Waals surface area contributed by atoms with Gasteiger partial charge in [0.05, 0.1) is 5.69 Å². The monoisotopic (exact) mass is 391 g/mol. The lowest BCUT2D eigenvalue weighted by molar-refractivity contribution is -0.125. The Morgan fingerprint density at radius 1 is 1.23 bits per heavy atom. The van der Waals surface area contributed by atoms with Gasteiger partial charge in [-0.2, -0.15) is 0 Å². The fourth-order valence-corrected chi connectivity index (χ4v) is 4.00. The van der Waals surface area contributed by atoms with Crippen molar-refractivity contribution in [3.8, 4) is 0 Å². The molecule has 1 amide bonds. The van der Waals surface area contributed by atoms with Crippen molar-refractivity contribution in [3.63, 3.8) is 0 Å². The number of hydrogen-bond donors (Lipinski definition) is 0. The quantitative estimate of drug-likeness (QED) is 0.537. The Labute approximate surface area is 163 Å². The largest absolute Gasteiger partial charge is 0.307 e. The molecule has 138 valence electrons. The van der Waals surface area contributed by atoms with E-state index in [-0.39, 0.29) is 23.7 Å². The molecular formula is C21H23ClFNOS. The molecule has 0 aliphatic heterocycles. The molecule has 0 radical (unpaired) electrons. The van der Waals surface area contributed by atoms with Crippen molar-refractivity contribution in [3.05, 3.63) is 58.9 Å². The van der Waals surface area contributed by atoms with Crippen LogP contribution in [0.1, 0.15) is 38.7 Å². The minimum Gasteiger partial charge on any atom is -0.307 e. The molecule has 0 aromatic heterocycles. The second-order valence-electron chi connectivity index (χ2n) is 6.96. The van der Waals surface area contributed by atoms with Crippen LogP contribution in [0.3, 0.4) is 0 Å². The predicted molar refractivity (Wildman–Crippen MR) is 107 cm³/mol. The van der Waals surface area contributed by atoms with Crippen molar-refractivity contribution in [2.24, 2.45) is 5.92 Å². The predicted octanol–water partition coefficient (Wildman–Crippen LogP) is 6.31. The molecule has 2 aromatic carbocycles. The Morgan fingerprint density at radius 3 is 2.46 bits per heavy atom. The number of nitrogens with zero attached hydrogens (tertiary/aromatic N) is 1. The van der Waals surface area contributed by atoms with Crippen molar-refractivity contribution in [1.82, 2.24) is 0 Å². The molecule has 0 spiro atoms. The lowest BCUT2D eigenvalue weighted by Crippen LogP contribution is -2.43. The first-order chi connectivity index (χ1) is 12.5. The van der Waals surface area contributed by atoms with Gasteiger partial charge in [-0.25, -0.2) is 4.39 Å². The minimum absolute atomic E-state index is 0.0495. The number of carbonyl (C=O) groups excluding carboxylic acids is 1. The van der Waals surface area contributed by atoms with Crippen molar-refractivity contribution >= 4 is 35.0 Å². The summed E-state index contributed by atoms with van der Waals surface area (Å²) in [4.78, 5) is 15.4. The molecule has 0 heterocycles. The molecule has 0 bridgehead atoms. The number of thioether (sulfide) groups is 1. The van der Waals surface area contributed by atoms with E-state index in [2.05, 4.69) is 0 Å². The lowest BCUT2D eigenvalue weighted by atomic mass is 9.84. The van der Waals surface area contributed by atoms with Gasteiger partial charge in [-0.05, 0) is 68.7 Å². The first-order valence-corrected chi connectivity index (χ1v) is 10.3. The Bertz CT molecular complexity index is 774. The molecule has 1 saturated carbocycles.